The van der Waals surface area contributed by atoms with Crippen molar-refractivity contribution in [3.8, 4) is 168 Å². The van der Waals surface area contributed by atoms with E-state index in [2.05, 4.69) is 362 Å². The number of rotatable bonds is 14. The quantitative estimate of drug-likeness (QED) is 0.106. The van der Waals surface area contributed by atoms with Crippen LogP contribution in [-0.2, 0) is 10.8 Å². The van der Waals surface area contributed by atoms with Crippen LogP contribution < -0.4 is 0 Å². The van der Waals surface area contributed by atoms with Gasteiger partial charge in [-0.25, -0.2) is 29.9 Å². The molecule has 3 aliphatic rings. The first-order chi connectivity index (χ1) is 60.4. The summed E-state index contributed by atoms with van der Waals surface area (Å²) in [4.78, 5) is 38.8. The maximum Gasteiger partial charge on any atom is 0.164 e. The largest absolute Gasteiger partial charge is 0.264 e. The standard InChI is InChI=1S/C57H36N4.C57H38N4/c1-2-13-38(14-3-1)54-59-55(39-28-26-37(27-29-39)45-19-12-32-58-36-45)61-56(60-54)44-18-11-17-42(34-44)40-15-10-16-41(33-40)43-30-31-49-48-22-6-9-25-52(48)57(53(49)35-43)50-23-7-4-20-46(50)47-21-5-8-24-51(47)57;1-4-15-40(16-5-1)54-59-55(41-30-28-39(29-31-41)47-21-14-34-58-38-47)61-56(60-54)46-20-13-19-44(36-46)42-17-12-18-43(35-42)45-32-33-51-50-26-10-11-27-52(50)57(53(51)37-45,48-22-6-2-7-23-48)49-24-8-3-9-25-49/h1-36H;1-38H. The minimum absolute atomic E-state index is 0.384. The van der Waals surface area contributed by atoms with Crippen molar-refractivity contribution in [3.05, 3.63) is 494 Å². The van der Waals surface area contributed by atoms with E-state index < -0.39 is 5.41 Å². The first kappa shape index (κ1) is 72.3. The van der Waals surface area contributed by atoms with E-state index in [1.54, 1.807) is 12.4 Å². The molecule has 0 radical (unpaired) electrons. The van der Waals surface area contributed by atoms with Gasteiger partial charge in [-0.2, -0.15) is 0 Å². The summed E-state index contributed by atoms with van der Waals surface area (Å²) in [5, 5.41) is 0. The highest BCUT2D eigenvalue weighted by Gasteiger charge is 2.52. The van der Waals surface area contributed by atoms with Crippen molar-refractivity contribution in [1.82, 2.24) is 39.9 Å². The molecule has 3 aliphatic carbocycles. The van der Waals surface area contributed by atoms with Gasteiger partial charge in [0.1, 0.15) is 0 Å². The Labute approximate surface area is 708 Å². The highest BCUT2D eigenvalue weighted by molar-refractivity contribution is 5.97. The number of hydrogen-bond acceptors (Lipinski definition) is 8. The molecule has 0 bridgehead atoms. The lowest BCUT2D eigenvalue weighted by Crippen LogP contribution is -2.28. The monoisotopic (exact) mass is 1550 g/mol. The summed E-state index contributed by atoms with van der Waals surface area (Å²) in [6.07, 6.45) is 7.33. The number of hydrogen-bond donors (Lipinski definition) is 0. The highest BCUT2D eigenvalue weighted by atomic mass is 15.0. The maximum atomic E-state index is 5.08. The van der Waals surface area contributed by atoms with Gasteiger partial charge in [0.2, 0.25) is 0 Å². The van der Waals surface area contributed by atoms with Gasteiger partial charge in [-0.15, -0.1) is 0 Å². The predicted molar refractivity (Wildman–Crippen MR) is 494 cm³/mol. The Morgan fingerprint density at radius 3 is 0.705 bits per heavy atom. The van der Waals surface area contributed by atoms with E-state index >= 15 is 0 Å². The number of pyridine rings is 2. The summed E-state index contributed by atoms with van der Waals surface area (Å²) in [5.41, 5.74) is 36.4. The Morgan fingerprint density at radius 1 is 0.139 bits per heavy atom. The van der Waals surface area contributed by atoms with Crippen LogP contribution in [0.25, 0.3) is 168 Å². The van der Waals surface area contributed by atoms with Crippen molar-refractivity contribution >= 4 is 0 Å². The summed E-state index contributed by atoms with van der Waals surface area (Å²) >= 11 is 0. The second-order valence-electron chi connectivity index (χ2n) is 31.2. The topological polar surface area (TPSA) is 103 Å². The molecule has 0 saturated heterocycles. The SMILES string of the molecule is c1ccc(-c2nc(-c3ccc(-c4cccnc4)cc3)nc(-c3cccc(-c4cccc(-c5ccc6c(c5)C(c5ccccc5)(c5ccccc5)c5ccccc5-6)c4)c3)n2)cc1.c1ccc(-c2nc(-c3ccc(-c4cccnc4)cc3)nc(-c3cccc(-c4cccc(-c5ccc6c(c5)C5(c7ccccc7-c7ccccc75)c5ccccc5-6)c4)c3)n2)cc1. The molecule has 8 nitrogen and oxygen atoms in total. The summed E-state index contributed by atoms with van der Waals surface area (Å²) < 4.78 is 0. The molecular weight excluding hydrogens is 1480 g/mol. The number of benzene rings is 16. The summed E-state index contributed by atoms with van der Waals surface area (Å²) in [6, 6.07) is 152. The molecule has 0 N–H and O–H groups in total. The zero-order valence-electron chi connectivity index (χ0n) is 66.3. The predicted octanol–water partition coefficient (Wildman–Crippen LogP) is 27.2. The summed E-state index contributed by atoms with van der Waals surface area (Å²) in [5.74, 6) is 3.75. The molecule has 0 atom stereocenters. The Bertz CT molecular complexity index is 6890. The summed E-state index contributed by atoms with van der Waals surface area (Å²) in [7, 11) is 0. The van der Waals surface area contributed by atoms with Crippen molar-refractivity contribution in [2.24, 2.45) is 0 Å². The van der Waals surface area contributed by atoms with Crippen LogP contribution in [0.2, 0.25) is 0 Å². The number of nitrogens with zero attached hydrogens (tertiary/aromatic N) is 8. The van der Waals surface area contributed by atoms with E-state index in [4.69, 9.17) is 29.9 Å². The van der Waals surface area contributed by atoms with Crippen LogP contribution in [0.15, 0.2) is 449 Å². The molecule has 4 heterocycles. The van der Waals surface area contributed by atoms with Gasteiger partial charge in [0.15, 0.2) is 34.9 Å². The van der Waals surface area contributed by atoms with E-state index in [1.807, 2.05) is 85.2 Å². The van der Waals surface area contributed by atoms with Gasteiger partial charge < -0.3 is 0 Å². The molecular formula is C114H74N8. The third-order valence-corrected chi connectivity index (χ3v) is 24.4. The lowest BCUT2D eigenvalue weighted by Gasteiger charge is -2.34. The normalized spacial score (nSPS) is 12.6. The van der Waals surface area contributed by atoms with E-state index in [1.165, 1.54) is 94.6 Å². The first-order valence-electron chi connectivity index (χ1n) is 41.3. The minimum atomic E-state index is -0.459. The van der Waals surface area contributed by atoms with Gasteiger partial charge in [-0.05, 0) is 193 Å². The van der Waals surface area contributed by atoms with Gasteiger partial charge >= 0.3 is 0 Å². The second-order valence-corrected chi connectivity index (χ2v) is 31.2. The first-order valence-corrected chi connectivity index (χ1v) is 41.3. The molecule has 20 aromatic rings. The lowest BCUT2D eigenvalue weighted by molar-refractivity contribution is 0.769. The van der Waals surface area contributed by atoms with Gasteiger partial charge in [-0.1, -0.05) is 376 Å². The smallest absolute Gasteiger partial charge is 0.164 e. The van der Waals surface area contributed by atoms with Gasteiger partial charge in [0, 0.05) is 58.2 Å². The highest BCUT2D eigenvalue weighted by Crippen LogP contribution is 2.64. The minimum Gasteiger partial charge on any atom is -0.264 e. The molecule has 0 saturated carbocycles. The van der Waals surface area contributed by atoms with E-state index in [0.29, 0.717) is 34.9 Å². The molecule has 4 aromatic heterocycles. The molecule has 8 heteroatoms. The molecule has 23 rings (SSSR count). The van der Waals surface area contributed by atoms with Gasteiger partial charge in [-0.3, -0.25) is 9.97 Å². The zero-order chi connectivity index (χ0) is 80.9. The fraction of sp³-hybridized carbons (Fsp3) is 0.0175. The van der Waals surface area contributed by atoms with Crippen molar-refractivity contribution in [2.75, 3.05) is 0 Å². The average molecular weight is 1560 g/mol. The van der Waals surface area contributed by atoms with Crippen molar-refractivity contribution in [1.29, 1.82) is 0 Å². The van der Waals surface area contributed by atoms with Crippen LogP contribution in [0.5, 0.6) is 0 Å². The Balaban J connectivity index is 0.000000146. The lowest BCUT2D eigenvalue weighted by atomic mass is 9.67. The van der Waals surface area contributed by atoms with Crippen LogP contribution in [0.1, 0.15) is 44.5 Å². The van der Waals surface area contributed by atoms with Crippen LogP contribution in [0, 0.1) is 0 Å². The molecule has 16 aromatic carbocycles. The molecule has 0 unspecified atom stereocenters. The summed E-state index contributed by atoms with van der Waals surface area (Å²) in [6.45, 7) is 0. The molecule has 0 fully saturated rings. The van der Waals surface area contributed by atoms with E-state index in [0.717, 1.165) is 83.5 Å². The van der Waals surface area contributed by atoms with Crippen LogP contribution in [0.3, 0.4) is 0 Å². The Morgan fingerprint density at radius 2 is 0.369 bits per heavy atom. The molecule has 1 spiro atoms. The Hall–Kier alpha value is -16.2. The third kappa shape index (κ3) is 12.7. The maximum absolute atomic E-state index is 5.08. The fourth-order valence-electron chi connectivity index (χ4n) is 18.7. The van der Waals surface area contributed by atoms with Crippen LogP contribution >= 0.6 is 0 Å². The Kier molecular flexibility index (Phi) is 18.2. The van der Waals surface area contributed by atoms with Crippen molar-refractivity contribution in [3.63, 3.8) is 0 Å². The number of aromatic nitrogens is 8. The number of fused-ring (bicyclic) bond motifs is 13. The second kappa shape index (κ2) is 30.7. The van der Waals surface area contributed by atoms with Gasteiger partial charge in [0.05, 0.1) is 10.8 Å². The molecule has 0 amide bonds. The zero-order valence-corrected chi connectivity index (χ0v) is 66.3. The van der Waals surface area contributed by atoms with Crippen LogP contribution in [0.4, 0.5) is 0 Å². The fourth-order valence-corrected chi connectivity index (χ4v) is 18.7. The van der Waals surface area contributed by atoms with Crippen LogP contribution in [-0.4, -0.2) is 39.9 Å². The van der Waals surface area contributed by atoms with Crippen molar-refractivity contribution in [2.45, 2.75) is 10.8 Å². The van der Waals surface area contributed by atoms with E-state index in [9.17, 15) is 0 Å². The molecule has 570 valence electrons. The average Bonchev–Trinajstić information content (AvgIpc) is 1.51. The van der Waals surface area contributed by atoms with Crippen molar-refractivity contribution < 1.29 is 0 Å². The molecule has 0 aliphatic heterocycles. The van der Waals surface area contributed by atoms with E-state index in [-0.39, 0.29) is 5.41 Å². The molecule has 122 heavy (non-hydrogen) atoms. The third-order valence-electron chi connectivity index (χ3n) is 24.4. The van der Waals surface area contributed by atoms with Gasteiger partial charge in [0.25, 0.3) is 0 Å².